The third-order valence-electron chi connectivity index (χ3n) is 5.52. The number of amides is 2. The monoisotopic (exact) mass is 509 g/mol. The summed E-state index contributed by atoms with van der Waals surface area (Å²) in [6, 6.07) is 22.2. The van der Waals surface area contributed by atoms with Gasteiger partial charge in [-0.1, -0.05) is 30.3 Å². The zero-order valence-corrected chi connectivity index (χ0v) is 20.6. The fourth-order valence-corrected chi connectivity index (χ4v) is 4.57. The van der Waals surface area contributed by atoms with Crippen molar-refractivity contribution in [3.8, 4) is 11.5 Å². The van der Waals surface area contributed by atoms with Gasteiger partial charge in [0.25, 0.3) is 5.91 Å². The molecule has 1 aliphatic rings. The molecule has 9 nitrogen and oxygen atoms in total. The van der Waals surface area contributed by atoms with Crippen molar-refractivity contribution < 1.29 is 27.5 Å². The molecule has 3 aromatic rings. The van der Waals surface area contributed by atoms with Crippen LogP contribution >= 0.6 is 0 Å². The number of rotatable bonds is 8. The highest BCUT2D eigenvalue weighted by molar-refractivity contribution is 7.92. The number of hydrogen-bond acceptors (Lipinski definition) is 6. The highest BCUT2D eigenvalue weighted by atomic mass is 32.2. The van der Waals surface area contributed by atoms with Gasteiger partial charge in [-0.05, 0) is 48.5 Å². The standard InChI is InChI=1S/C26H27N3O6S/c1-36(32,33)29(21-13-11-20(12-14-21)26(31)28-15-17-34-18-16-28)19-25(30)27-23-9-5-6-10-24(23)35-22-7-3-2-4-8-22/h2-14H,15-19H2,1H3,(H,27,30). The summed E-state index contributed by atoms with van der Waals surface area (Å²) in [5.41, 5.74) is 1.12. The Labute approximate surface area is 210 Å². The highest BCUT2D eigenvalue weighted by Gasteiger charge is 2.23. The first-order valence-corrected chi connectivity index (χ1v) is 13.2. The molecule has 188 valence electrons. The van der Waals surface area contributed by atoms with E-state index in [1.807, 2.05) is 18.2 Å². The Morgan fingerprint density at radius 2 is 1.58 bits per heavy atom. The number of para-hydroxylation sites is 3. The molecule has 0 bridgehead atoms. The van der Waals surface area contributed by atoms with Gasteiger partial charge in [0.2, 0.25) is 15.9 Å². The third-order valence-corrected chi connectivity index (χ3v) is 6.66. The molecular weight excluding hydrogens is 482 g/mol. The van der Waals surface area contributed by atoms with Crippen LogP contribution in [0.5, 0.6) is 11.5 Å². The van der Waals surface area contributed by atoms with E-state index in [2.05, 4.69) is 5.32 Å². The molecular formula is C26H27N3O6S. The Balaban J connectivity index is 1.47. The first-order valence-electron chi connectivity index (χ1n) is 11.4. The number of carbonyl (C=O) groups excluding carboxylic acids is 2. The van der Waals surface area contributed by atoms with Crippen LogP contribution in [0.25, 0.3) is 0 Å². The lowest BCUT2D eigenvalue weighted by molar-refractivity contribution is -0.114. The number of hydrogen-bond donors (Lipinski definition) is 1. The molecule has 1 fully saturated rings. The first-order chi connectivity index (χ1) is 17.3. The number of nitrogens with one attached hydrogen (secondary N) is 1. The van der Waals surface area contributed by atoms with Gasteiger partial charge in [-0.25, -0.2) is 8.42 Å². The zero-order chi connectivity index (χ0) is 25.5. The first kappa shape index (κ1) is 25.2. The van der Waals surface area contributed by atoms with Crippen molar-refractivity contribution >= 4 is 33.2 Å². The van der Waals surface area contributed by atoms with E-state index >= 15 is 0 Å². The van der Waals surface area contributed by atoms with E-state index in [0.717, 1.165) is 10.6 Å². The number of benzene rings is 3. The van der Waals surface area contributed by atoms with E-state index in [1.165, 1.54) is 12.1 Å². The highest BCUT2D eigenvalue weighted by Crippen LogP contribution is 2.29. The normalized spacial score (nSPS) is 13.6. The molecule has 0 radical (unpaired) electrons. The number of ether oxygens (including phenoxy) is 2. The van der Waals surface area contributed by atoms with E-state index in [0.29, 0.717) is 49.1 Å². The number of sulfonamides is 1. The lowest BCUT2D eigenvalue weighted by Crippen LogP contribution is -2.40. The molecule has 1 heterocycles. The predicted octanol–water partition coefficient (Wildman–Crippen LogP) is 3.36. The average molecular weight is 510 g/mol. The van der Waals surface area contributed by atoms with E-state index in [9.17, 15) is 18.0 Å². The molecule has 1 N–H and O–H groups in total. The lowest BCUT2D eigenvalue weighted by atomic mass is 10.1. The van der Waals surface area contributed by atoms with Gasteiger partial charge in [0, 0.05) is 18.7 Å². The molecule has 4 rings (SSSR count). The van der Waals surface area contributed by atoms with Crippen LogP contribution in [0.1, 0.15) is 10.4 Å². The van der Waals surface area contributed by atoms with Gasteiger partial charge in [-0.2, -0.15) is 0 Å². The maximum atomic E-state index is 12.9. The molecule has 0 unspecified atom stereocenters. The van der Waals surface area contributed by atoms with E-state index in [-0.39, 0.29) is 11.6 Å². The molecule has 10 heteroatoms. The SMILES string of the molecule is CS(=O)(=O)N(CC(=O)Nc1ccccc1Oc1ccccc1)c1ccc(C(=O)N2CCOCC2)cc1. The Hall–Kier alpha value is -3.89. The Morgan fingerprint density at radius 3 is 2.25 bits per heavy atom. The maximum absolute atomic E-state index is 12.9. The van der Waals surface area contributed by atoms with Crippen molar-refractivity contribution in [1.29, 1.82) is 0 Å². The summed E-state index contributed by atoms with van der Waals surface area (Å²) in [6.07, 6.45) is 1.03. The quantitative estimate of drug-likeness (QED) is 0.499. The minimum atomic E-state index is -3.79. The molecule has 1 saturated heterocycles. The second-order valence-corrected chi connectivity index (χ2v) is 10.1. The molecule has 2 amide bonds. The van der Waals surface area contributed by atoms with Crippen LogP contribution in [0.2, 0.25) is 0 Å². The van der Waals surface area contributed by atoms with Gasteiger partial charge in [0.15, 0.2) is 5.75 Å². The number of carbonyl (C=O) groups is 2. The lowest BCUT2D eigenvalue weighted by Gasteiger charge is -2.27. The Morgan fingerprint density at radius 1 is 0.944 bits per heavy atom. The van der Waals surface area contributed by atoms with Crippen molar-refractivity contribution in [1.82, 2.24) is 4.90 Å². The molecule has 0 spiro atoms. The molecule has 36 heavy (non-hydrogen) atoms. The van der Waals surface area contributed by atoms with Gasteiger partial charge in [0.1, 0.15) is 12.3 Å². The fraction of sp³-hybridized carbons (Fsp3) is 0.231. The van der Waals surface area contributed by atoms with E-state index in [1.54, 1.807) is 53.4 Å². The predicted molar refractivity (Wildman–Crippen MR) is 137 cm³/mol. The van der Waals surface area contributed by atoms with Crippen molar-refractivity contribution in [3.05, 3.63) is 84.4 Å². The van der Waals surface area contributed by atoms with Gasteiger partial charge in [0.05, 0.1) is 30.8 Å². The Kier molecular flexibility index (Phi) is 7.87. The smallest absolute Gasteiger partial charge is 0.254 e. The third kappa shape index (κ3) is 6.41. The second kappa shape index (κ2) is 11.2. The topological polar surface area (TPSA) is 105 Å². The van der Waals surface area contributed by atoms with Crippen molar-refractivity contribution in [2.24, 2.45) is 0 Å². The van der Waals surface area contributed by atoms with E-state index < -0.39 is 22.5 Å². The van der Waals surface area contributed by atoms with Crippen LogP contribution < -0.4 is 14.4 Å². The fourth-order valence-electron chi connectivity index (χ4n) is 3.71. The average Bonchev–Trinajstić information content (AvgIpc) is 2.89. The van der Waals surface area contributed by atoms with E-state index in [4.69, 9.17) is 9.47 Å². The molecule has 0 aliphatic carbocycles. The molecule has 0 aromatic heterocycles. The van der Waals surface area contributed by atoms with Crippen molar-refractivity contribution in [3.63, 3.8) is 0 Å². The number of anilines is 2. The van der Waals surface area contributed by atoms with Crippen LogP contribution in [0.3, 0.4) is 0 Å². The van der Waals surface area contributed by atoms with Crippen LogP contribution in [0.4, 0.5) is 11.4 Å². The molecule has 1 aliphatic heterocycles. The summed E-state index contributed by atoms with van der Waals surface area (Å²) in [7, 11) is -3.79. The summed E-state index contributed by atoms with van der Waals surface area (Å²) < 4.78 is 37.2. The van der Waals surface area contributed by atoms with Gasteiger partial charge in [-0.3, -0.25) is 13.9 Å². The van der Waals surface area contributed by atoms with Crippen LogP contribution in [-0.2, 0) is 19.6 Å². The Bertz CT molecular complexity index is 1310. The summed E-state index contributed by atoms with van der Waals surface area (Å²) in [6.45, 7) is 1.53. The van der Waals surface area contributed by atoms with Gasteiger partial charge >= 0.3 is 0 Å². The molecule has 3 aromatic carbocycles. The van der Waals surface area contributed by atoms with Crippen LogP contribution in [-0.4, -0.2) is 64.2 Å². The molecule has 0 atom stereocenters. The van der Waals surface area contributed by atoms with Crippen molar-refractivity contribution in [2.45, 2.75) is 0 Å². The summed E-state index contributed by atoms with van der Waals surface area (Å²) in [5.74, 6) is 0.333. The van der Waals surface area contributed by atoms with Crippen LogP contribution in [0.15, 0.2) is 78.9 Å². The van der Waals surface area contributed by atoms with Crippen LogP contribution in [0, 0.1) is 0 Å². The van der Waals surface area contributed by atoms with Gasteiger partial charge < -0.3 is 19.7 Å². The summed E-state index contributed by atoms with van der Waals surface area (Å²) in [5, 5.41) is 2.73. The van der Waals surface area contributed by atoms with Crippen molar-refractivity contribution in [2.75, 3.05) is 48.7 Å². The largest absolute Gasteiger partial charge is 0.455 e. The maximum Gasteiger partial charge on any atom is 0.254 e. The zero-order valence-electron chi connectivity index (χ0n) is 19.8. The second-order valence-electron chi connectivity index (χ2n) is 8.18. The summed E-state index contributed by atoms with van der Waals surface area (Å²) in [4.78, 5) is 27.3. The number of morpholine rings is 1. The number of nitrogens with zero attached hydrogens (tertiary/aromatic N) is 2. The van der Waals surface area contributed by atoms with Gasteiger partial charge in [-0.15, -0.1) is 0 Å². The summed E-state index contributed by atoms with van der Waals surface area (Å²) >= 11 is 0. The minimum Gasteiger partial charge on any atom is -0.455 e. The minimum absolute atomic E-state index is 0.150. The molecule has 0 saturated carbocycles.